The summed E-state index contributed by atoms with van der Waals surface area (Å²) in [4.78, 5) is 37.9. The molecule has 0 radical (unpaired) electrons. The highest BCUT2D eigenvalue weighted by molar-refractivity contribution is 6.28. The van der Waals surface area contributed by atoms with Crippen LogP contribution >= 0.6 is 0 Å². The van der Waals surface area contributed by atoms with E-state index in [1.165, 1.54) is 57.8 Å². The molecule has 36 heavy (non-hydrogen) atoms. The Balaban J connectivity index is 1.28. The minimum Gasteiger partial charge on any atom is -0.326 e. The fraction of sp³-hybridized carbons (Fsp3) is 0.469. The van der Waals surface area contributed by atoms with Crippen LogP contribution in [0.25, 0.3) is 0 Å². The number of hydrogen-bond acceptors (Lipinski definition) is 3. The first-order valence-electron chi connectivity index (χ1n) is 13.9. The molecule has 0 saturated heterocycles. The average molecular weight is 488 g/mol. The van der Waals surface area contributed by atoms with Crippen molar-refractivity contribution >= 4 is 23.2 Å². The quantitative estimate of drug-likeness (QED) is 0.163. The molecule has 0 bridgehead atoms. The summed E-state index contributed by atoms with van der Waals surface area (Å²) < 4.78 is 0. The Labute approximate surface area is 216 Å². The molecule has 0 aliphatic heterocycles. The maximum atomic E-state index is 12.9. The SMILES string of the molecule is CCCCCCCCC=CCCCCCCCC(=O)Nc1ccc2c(c1)C(=O)c1ccccc1C2=O. The number of nitrogens with one attached hydrogen (secondary N) is 1. The number of allylic oxidation sites excluding steroid dienone is 2. The van der Waals surface area contributed by atoms with Gasteiger partial charge in [0.1, 0.15) is 0 Å². The first-order chi connectivity index (χ1) is 17.6. The lowest BCUT2D eigenvalue weighted by atomic mass is 9.84. The van der Waals surface area contributed by atoms with Gasteiger partial charge >= 0.3 is 0 Å². The minimum atomic E-state index is -0.173. The van der Waals surface area contributed by atoms with Gasteiger partial charge in [-0.3, -0.25) is 14.4 Å². The highest BCUT2D eigenvalue weighted by Gasteiger charge is 2.29. The largest absolute Gasteiger partial charge is 0.326 e. The van der Waals surface area contributed by atoms with Crippen LogP contribution in [0.4, 0.5) is 5.69 Å². The van der Waals surface area contributed by atoms with Gasteiger partial charge in [-0.1, -0.05) is 94.7 Å². The number of carbonyl (C=O) groups excluding carboxylic acids is 3. The zero-order valence-electron chi connectivity index (χ0n) is 21.8. The van der Waals surface area contributed by atoms with E-state index in [1.54, 1.807) is 42.5 Å². The van der Waals surface area contributed by atoms with Crippen molar-refractivity contribution in [2.75, 3.05) is 5.32 Å². The number of benzene rings is 2. The van der Waals surface area contributed by atoms with Gasteiger partial charge in [-0.2, -0.15) is 0 Å². The van der Waals surface area contributed by atoms with Gasteiger partial charge in [0.15, 0.2) is 11.6 Å². The summed E-state index contributed by atoms with van der Waals surface area (Å²) >= 11 is 0. The highest BCUT2D eigenvalue weighted by atomic mass is 16.2. The molecule has 4 nitrogen and oxygen atoms in total. The second kappa shape index (κ2) is 15.2. The zero-order valence-corrected chi connectivity index (χ0v) is 21.8. The normalized spacial score (nSPS) is 12.6. The molecule has 3 rings (SSSR count). The van der Waals surface area contributed by atoms with Crippen molar-refractivity contribution in [2.45, 2.75) is 96.8 Å². The van der Waals surface area contributed by atoms with Crippen molar-refractivity contribution in [3.63, 3.8) is 0 Å². The molecule has 0 spiro atoms. The molecule has 0 aromatic heterocycles. The van der Waals surface area contributed by atoms with E-state index in [9.17, 15) is 14.4 Å². The van der Waals surface area contributed by atoms with E-state index in [0.29, 0.717) is 34.4 Å². The van der Waals surface area contributed by atoms with E-state index in [0.717, 1.165) is 25.7 Å². The number of ketones is 2. The summed E-state index contributed by atoms with van der Waals surface area (Å²) in [7, 11) is 0. The Morgan fingerprint density at radius 3 is 1.83 bits per heavy atom. The summed E-state index contributed by atoms with van der Waals surface area (Å²) in [6.45, 7) is 2.26. The van der Waals surface area contributed by atoms with Gasteiger partial charge in [0.05, 0.1) is 0 Å². The van der Waals surface area contributed by atoms with Gasteiger partial charge in [0.25, 0.3) is 0 Å². The van der Waals surface area contributed by atoms with Crippen molar-refractivity contribution in [3.05, 3.63) is 76.9 Å². The van der Waals surface area contributed by atoms with Crippen LogP contribution in [0.3, 0.4) is 0 Å². The molecule has 4 heteroatoms. The zero-order chi connectivity index (χ0) is 25.6. The summed E-state index contributed by atoms with van der Waals surface area (Å²) in [6.07, 6.45) is 21.1. The van der Waals surface area contributed by atoms with Crippen molar-refractivity contribution in [3.8, 4) is 0 Å². The predicted octanol–water partition coefficient (Wildman–Crippen LogP) is 8.44. The predicted molar refractivity (Wildman–Crippen MR) is 148 cm³/mol. The number of rotatable bonds is 16. The third-order valence-corrected chi connectivity index (χ3v) is 6.87. The Morgan fingerprint density at radius 2 is 1.19 bits per heavy atom. The third-order valence-electron chi connectivity index (χ3n) is 6.87. The van der Waals surface area contributed by atoms with E-state index >= 15 is 0 Å². The lowest BCUT2D eigenvalue weighted by molar-refractivity contribution is -0.116. The Kier molecular flexibility index (Phi) is 11.6. The van der Waals surface area contributed by atoms with Crippen LogP contribution < -0.4 is 5.32 Å². The smallest absolute Gasteiger partial charge is 0.224 e. The Hall–Kier alpha value is -3.01. The summed E-state index contributed by atoms with van der Waals surface area (Å²) in [5.74, 6) is -0.373. The van der Waals surface area contributed by atoms with Gasteiger partial charge in [0, 0.05) is 34.4 Å². The number of hydrogen-bond donors (Lipinski definition) is 1. The second-order valence-corrected chi connectivity index (χ2v) is 9.85. The Bertz CT molecular complexity index is 1050. The first kappa shape index (κ1) is 27.6. The van der Waals surface area contributed by atoms with Gasteiger partial charge < -0.3 is 5.32 Å². The third kappa shape index (κ3) is 8.29. The summed E-state index contributed by atoms with van der Waals surface area (Å²) in [5.41, 5.74) is 2.18. The maximum Gasteiger partial charge on any atom is 0.224 e. The van der Waals surface area contributed by atoms with Crippen LogP contribution in [-0.4, -0.2) is 17.5 Å². The van der Waals surface area contributed by atoms with Crippen LogP contribution in [0, 0.1) is 0 Å². The van der Waals surface area contributed by atoms with Gasteiger partial charge in [-0.05, 0) is 50.3 Å². The maximum absolute atomic E-state index is 12.9. The molecular weight excluding hydrogens is 446 g/mol. The lowest BCUT2D eigenvalue weighted by Crippen LogP contribution is -2.21. The fourth-order valence-electron chi connectivity index (χ4n) is 4.76. The molecule has 2 aromatic carbocycles. The van der Waals surface area contributed by atoms with Crippen molar-refractivity contribution in [2.24, 2.45) is 0 Å². The number of carbonyl (C=O) groups is 3. The second-order valence-electron chi connectivity index (χ2n) is 9.85. The molecule has 1 N–H and O–H groups in total. The van der Waals surface area contributed by atoms with Crippen molar-refractivity contribution in [1.82, 2.24) is 0 Å². The topological polar surface area (TPSA) is 63.2 Å². The van der Waals surface area contributed by atoms with Gasteiger partial charge in [-0.25, -0.2) is 0 Å². The Morgan fingerprint density at radius 1 is 0.667 bits per heavy atom. The number of anilines is 1. The lowest BCUT2D eigenvalue weighted by Gasteiger charge is -2.18. The molecule has 0 unspecified atom stereocenters. The molecule has 1 amide bonds. The monoisotopic (exact) mass is 487 g/mol. The molecule has 0 atom stereocenters. The standard InChI is InChI=1S/C32H41NO3/c1-2-3-4-5-6-7-8-9-10-11-12-13-14-15-16-21-30(34)33-25-22-23-28-29(24-25)32(36)27-20-18-17-19-26(27)31(28)35/h9-10,17-20,22-24H,2-8,11-16,21H2,1H3,(H,33,34). The van der Waals surface area contributed by atoms with Crippen LogP contribution in [-0.2, 0) is 4.79 Å². The van der Waals surface area contributed by atoms with Crippen molar-refractivity contribution in [1.29, 1.82) is 0 Å². The average Bonchev–Trinajstić information content (AvgIpc) is 2.89. The molecule has 0 saturated carbocycles. The molecule has 192 valence electrons. The van der Waals surface area contributed by atoms with E-state index in [-0.39, 0.29) is 17.5 Å². The van der Waals surface area contributed by atoms with Crippen molar-refractivity contribution < 1.29 is 14.4 Å². The first-order valence-corrected chi connectivity index (χ1v) is 13.9. The molecule has 1 aliphatic rings. The minimum absolute atomic E-state index is 0.0532. The van der Waals surface area contributed by atoms with E-state index in [1.807, 2.05) is 0 Å². The molecule has 1 aliphatic carbocycles. The van der Waals surface area contributed by atoms with Gasteiger partial charge in [0.2, 0.25) is 5.91 Å². The van der Waals surface area contributed by atoms with E-state index in [4.69, 9.17) is 0 Å². The highest BCUT2D eigenvalue weighted by Crippen LogP contribution is 2.29. The van der Waals surface area contributed by atoms with E-state index in [2.05, 4.69) is 24.4 Å². The molecule has 0 fully saturated rings. The molecule has 2 aromatic rings. The summed E-state index contributed by atoms with van der Waals surface area (Å²) in [5, 5.41) is 2.89. The summed E-state index contributed by atoms with van der Waals surface area (Å²) in [6, 6.07) is 11.9. The number of fused-ring (bicyclic) bond motifs is 2. The van der Waals surface area contributed by atoms with Crippen LogP contribution in [0.15, 0.2) is 54.6 Å². The van der Waals surface area contributed by atoms with E-state index < -0.39 is 0 Å². The number of unbranched alkanes of at least 4 members (excludes halogenated alkanes) is 11. The fourth-order valence-corrected chi connectivity index (χ4v) is 4.76. The molecular formula is C32H41NO3. The van der Waals surface area contributed by atoms with Crippen LogP contribution in [0.1, 0.15) is 129 Å². The van der Waals surface area contributed by atoms with Crippen LogP contribution in [0.2, 0.25) is 0 Å². The number of amides is 1. The van der Waals surface area contributed by atoms with Gasteiger partial charge in [-0.15, -0.1) is 0 Å². The van der Waals surface area contributed by atoms with Crippen LogP contribution in [0.5, 0.6) is 0 Å². The molecule has 0 heterocycles.